The topological polar surface area (TPSA) is 77.6 Å². The number of alkyl halides is 4. The number of halogens is 4. The molecule has 1 N–H and O–H groups in total. The Morgan fingerprint density at radius 3 is 2.64 bits per heavy atom. The van der Waals surface area contributed by atoms with Crippen LogP contribution in [0.15, 0.2) is 17.4 Å². The molecule has 0 spiro atoms. The number of rotatable bonds is 6. The molecule has 120 valence electrons. The van der Waals surface area contributed by atoms with Gasteiger partial charge in [-0.05, 0) is 11.8 Å². The maximum absolute atomic E-state index is 12.8. The minimum Gasteiger partial charge on any atom is -0.266 e. The van der Waals surface area contributed by atoms with Gasteiger partial charge in [-0.2, -0.15) is 13.9 Å². The van der Waals surface area contributed by atoms with Gasteiger partial charge in [0.05, 0.1) is 0 Å². The number of carbonyl (C=O) groups excluding carboxylic acids is 1. The average Bonchev–Trinajstić information content (AvgIpc) is 3.07. The molecule has 2 aromatic rings. The van der Waals surface area contributed by atoms with Gasteiger partial charge in [-0.25, -0.2) is 18.1 Å². The van der Waals surface area contributed by atoms with Crippen molar-refractivity contribution >= 4 is 17.7 Å². The van der Waals surface area contributed by atoms with Gasteiger partial charge < -0.3 is 0 Å². The number of hydrogen-bond donors (Lipinski definition) is 1. The van der Waals surface area contributed by atoms with E-state index in [0.29, 0.717) is 5.75 Å². The molecule has 0 aliphatic carbocycles. The smallest absolute Gasteiger partial charge is 0.266 e. The van der Waals surface area contributed by atoms with Gasteiger partial charge in [0.25, 0.3) is 12.3 Å². The lowest BCUT2D eigenvalue weighted by molar-refractivity contribution is 0.0561. The normalized spacial score (nSPS) is 11.4. The first-order valence-corrected chi connectivity index (χ1v) is 6.93. The minimum atomic E-state index is -2.96. The van der Waals surface area contributed by atoms with Gasteiger partial charge in [0.1, 0.15) is 0 Å². The number of hydrogen-bond acceptors (Lipinski definition) is 5. The molecule has 0 unspecified atom stereocenters. The predicted octanol–water partition coefficient (Wildman–Crippen LogP) is 2.30. The Labute approximate surface area is 125 Å². The van der Waals surface area contributed by atoms with Crippen molar-refractivity contribution in [1.29, 1.82) is 0 Å². The summed E-state index contributed by atoms with van der Waals surface area (Å²) in [5.41, 5.74) is 1.78. The van der Waals surface area contributed by atoms with Gasteiger partial charge >= 0.3 is 6.55 Å². The van der Waals surface area contributed by atoms with E-state index >= 15 is 0 Å². The highest BCUT2D eigenvalue weighted by molar-refractivity contribution is 7.99. The van der Waals surface area contributed by atoms with Crippen molar-refractivity contribution in [3.63, 3.8) is 0 Å². The van der Waals surface area contributed by atoms with Crippen molar-refractivity contribution in [2.45, 2.75) is 25.1 Å². The summed E-state index contributed by atoms with van der Waals surface area (Å²) in [5.74, 6) is -1.17. The lowest BCUT2D eigenvalue weighted by atomic mass is 10.4. The highest BCUT2D eigenvalue weighted by Crippen LogP contribution is 2.22. The molecular formula is C10H10F4N6OS. The lowest BCUT2D eigenvalue weighted by Gasteiger charge is -2.09. The fourth-order valence-electron chi connectivity index (χ4n) is 1.48. The Morgan fingerprint density at radius 1 is 1.36 bits per heavy atom. The van der Waals surface area contributed by atoms with Gasteiger partial charge in [-0.15, -0.1) is 10.2 Å². The number of amides is 1. The Bertz CT molecular complexity index is 658. The highest BCUT2D eigenvalue weighted by Gasteiger charge is 2.23. The Morgan fingerprint density at radius 2 is 2.09 bits per heavy atom. The monoisotopic (exact) mass is 338 g/mol. The van der Waals surface area contributed by atoms with E-state index in [-0.39, 0.29) is 15.5 Å². The first kappa shape index (κ1) is 16.3. The number of thioether (sulfide) groups is 1. The third-order valence-corrected chi connectivity index (χ3v) is 3.19. The summed E-state index contributed by atoms with van der Waals surface area (Å²) in [4.78, 5) is 11.9. The summed E-state index contributed by atoms with van der Waals surface area (Å²) in [6.07, 6.45) is -2.06. The molecule has 0 saturated heterocycles. The summed E-state index contributed by atoms with van der Waals surface area (Å²) in [6, 6.07) is 1.04. The molecule has 0 aliphatic heterocycles. The molecule has 0 bridgehead atoms. The third-order valence-electron chi connectivity index (χ3n) is 2.38. The fraction of sp³-hybridized carbons (Fsp3) is 0.400. The molecule has 0 aromatic carbocycles. The summed E-state index contributed by atoms with van der Waals surface area (Å²) in [5, 5.41) is 10.2. The first-order valence-electron chi connectivity index (χ1n) is 5.95. The van der Waals surface area contributed by atoms with Crippen LogP contribution in [0.2, 0.25) is 0 Å². The first-order chi connectivity index (χ1) is 10.4. The van der Waals surface area contributed by atoms with Crippen LogP contribution < -0.4 is 5.43 Å². The van der Waals surface area contributed by atoms with Crippen LogP contribution in [0.4, 0.5) is 17.6 Å². The van der Waals surface area contributed by atoms with Crippen LogP contribution in [-0.4, -0.2) is 36.3 Å². The lowest BCUT2D eigenvalue weighted by Crippen LogP contribution is -2.26. The van der Waals surface area contributed by atoms with E-state index in [1.165, 1.54) is 0 Å². The zero-order chi connectivity index (χ0) is 16.3. The highest BCUT2D eigenvalue weighted by atomic mass is 32.2. The van der Waals surface area contributed by atoms with Gasteiger partial charge in [-0.1, -0.05) is 18.7 Å². The van der Waals surface area contributed by atoms with E-state index < -0.39 is 24.7 Å². The maximum Gasteiger partial charge on any atom is 0.333 e. The Hall–Kier alpha value is -2.11. The van der Waals surface area contributed by atoms with Crippen LogP contribution >= 0.6 is 11.8 Å². The van der Waals surface area contributed by atoms with Crippen LogP contribution in [-0.2, 0) is 0 Å². The quantitative estimate of drug-likeness (QED) is 0.646. The second-order valence-corrected chi connectivity index (χ2v) is 5.04. The molecule has 0 saturated carbocycles. The second kappa shape index (κ2) is 6.77. The van der Waals surface area contributed by atoms with Crippen molar-refractivity contribution in [2.24, 2.45) is 0 Å². The molecule has 2 rings (SSSR count). The van der Waals surface area contributed by atoms with Gasteiger partial charge in [0.15, 0.2) is 5.69 Å². The van der Waals surface area contributed by atoms with Crippen molar-refractivity contribution < 1.29 is 22.4 Å². The van der Waals surface area contributed by atoms with Crippen molar-refractivity contribution in [3.05, 3.63) is 23.8 Å². The summed E-state index contributed by atoms with van der Waals surface area (Å²) < 4.78 is 51.5. The molecule has 2 heterocycles. The number of nitrogens with one attached hydrogen (secondary N) is 1. The van der Waals surface area contributed by atoms with Crippen molar-refractivity contribution in [2.75, 3.05) is 11.2 Å². The molecule has 0 radical (unpaired) electrons. The Balaban J connectivity index is 2.24. The number of carbonyl (C=O) groups is 1. The molecule has 0 atom stereocenters. The van der Waals surface area contributed by atoms with E-state index in [4.69, 9.17) is 0 Å². The summed E-state index contributed by atoms with van der Waals surface area (Å²) >= 11 is 1.08. The fourth-order valence-corrected chi connectivity index (χ4v) is 2.10. The number of aromatic nitrogens is 5. The zero-order valence-electron chi connectivity index (χ0n) is 11.1. The van der Waals surface area contributed by atoms with Crippen molar-refractivity contribution in [3.8, 4) is 0 Å². The van der Waals surface area contributed by atoms with E-state index in [2.05, 4.69) is 20.7 Å². The predicted molar refractivity (Wildman–Crippen MR) is 68.5 cm³/mol. The van der Waals surface area contributed by atoms with Crippen LogP contribution in [0.1, 0.15) is 36.2 Å². The second-order valence-electron chi connectivity index (χ2n) is 3.81. The molecule has 0 fully saturated rings. The zero-order valence-corrected chi connectivity index (χ0v) is 11.9. The third kappa shape index (κ3) is 3.37. The van der Waals surface area contributed by atoms with E-state index in [1.54, 1.807) is 6.92 Å². The largest absolute Gasteiger partial charge is 0.333 e. The molecule has 7 nitrogen and oxygen atoms in total. The van der Waals surface area contributed by atoms with E-state index in [0.717, 1.165) is 28.7 Å². The molecule has 12 heteroatoms. The molecule has 22 heavy (non-hydrogen) atoms. The van der Waals surface area contributed by atoms with Crippen LogP contribution in [0.5, 0.6) is 0 Å². The van der Waals surface area contributed by atoms with Gasteiger partial charge in [-0.3, -0.25) is 10.2 Å². The average molecular weight is 338 g/mol. The standard InChI is InChI=1S/C10H10F4N6OS/c1-2-22-10-16-15-7(6(11)12)20(10)18-8(21)5-3-4-19(17-5)9(13)14/h3-4,6,9H,2H2,1H3,(H,18,21). The maximum atomic E-state index is 12.8. The van der Waals surface area contributed by atoms with Crippen molar-refractivity contribution in [1.82, 2.24) is 24.7 Å². The Kier molecular flexibility index (Phi) is 5.00. The summed E-state index contributed by atoms with van der Waals surface area (Å²) in [6.45, 7) is -1.14. The van der Waals surface area contributed by atoms with Gasteiger partial charge in [0.2, 0.25) is 11.0 Å². The molecule has 2 aromatic heterocycles. The van der Waals surface area contributed by atoms with E-state index in [9.17, 15) is 22.4 Å². The minimum absolute atomic E-state index is 0.0550. The number of nitrogens with zero attached hydrogens (tertiary/aromatic N) is 5. The van der Waals surface area contributed by atoms with Gasteiger partial charge in [0, 0.05) is 6.20 Å². The molecule has 1 amide bonds. The van der Waals surface area contributed by atoms with Crippen LogP contribution in [0.25, 0.3) is 0 Å². The van der Waals surface area contributed by atoms with Crippen LogP contribution in [0.3, 0.4) is 0 Å². The SMILES string of the molecule is CCSc1nnc(C(F)F)n1NC(=O)c1ccn(C(F)F)n1. The van der Waals surface area contributed by atoms with E-state index in [1.807, 2.05) is 0 Å². The molecular weight excluding hydrogens is 328 g/mol. The van der Waals surface area contributed by atoms with Crippen LogP contribution in [0, 0.1) is 0 Å². The summed E-state index contributed by atoms with van der Waals surface area (Å²) in [7, 11) is 0. The molecule has 0 aliphatic rings.